The molecule has 1 saturated carbocycles. The zero-order valence-electron chi connectivity index (χ0n) is 20.2. The van der Waals surface area contributed by atoms with Crippen molar-refractivity contribution in [1.82, 2.24) is 15.5 Å². The van der Waals surface area contributed by atoms with Crippen LogP contribution in [0.25, 0.3) is 0 Å². The third-order valence-corrected chi connectivity index (χ3v) is 7.87. The van der Waals surface area contributed by atoms with E-state index in [-0.39, 0.29) is 47.7 Å². The Kier molecular flexibility index (Phi) is 6.75. The molecule has 5 atom stereocenters. The van der Waals surface area contributed by atoms with Crippen molar-refractivity contribution < 1.29 is 14.4 Å². The molecule has 2 aliphatic heterocycles. The Morgan fingerprint density at radius 2 is 1.71 bits per heavy atom. The largest absolute Gasteiger partial charge is 0.380 e. The molecule has 3 N–H and O–H groups in total. The third kappa shape index (κ3) is 4.77. The highest BCUT2D eigenvalue weighted by Crippen LogP contribution is 2.47. The van der Waals surface area contributed by atoms with Crippen molar-refractivity contribution in [3.05, 3.63) is 65.7 Å². The van der Waals surface area contributed by atoms with Gasteiger partial charge >= 0.3 is 0 Å². The summed E-state index contributed by atoms with van der Waals surface area (Å²) in [6.07, 6.45) is 4.51. The number of amides is 3. The predicted octanol–water partition coefficient (Wildman–Crippen LogP) is 3.50. The van der Waals surface area contributed by atoms with Gasteiger partial charge in [0.05, 0.1) is 12.0 Å². The number of para-hydroxylation sites is 1. The zero-order valence-corrected chi connectivity index (χ0v) is 20.2. The second-order valence-electron chi connectivity index (χ2n) is 10.0. The van der Waals surface area contributed by atoms with Gasteiger partial charge in [0.25, 0.3) is 5.91 Å². The van der Waals surface area contributed by atoms with E-state index in [1.807, 2.05) is 30.3 Å². The highest BCUT2D eigenvalue weighted by molar-refractivity contribution is 5.95. The molecular weight excluding hydrogens is 440 g/mol. The molecule has 0 aromatic heterocycles. The van der Waals surface area contributed by atoms with Gasteiger partial charge in [-0.3, -0.25) is 14.4 Å². The van der Waals surface area contributed by atoms with Crippen LogP contribution in [0.2, 0.25) is 0 Å². The minimum Gasteiger partial charge on any atom is -0.380 e. The summed E-state index contributed by atoms with van der Waals surface area (Å²) in [5.41, 5.74) is 2.79. The fraction of sp³-hybridized carbons (Fsp3) is 0.464. The maximum Gasteiger partial charge on any atom is 0.251 e. The van der Waals surface area contributed by atoms with Gasteiger partial charge in [-0.2, -0.15) is 0 Å². The minimum atomic E-state index is -0.217. The normalized spacial score (nSPS) is 27.2. The molecule has 3 aliphatic rings. The van der Waals surface area contributed by atoms with E-state index in [0.717, 1.165) is 43.4 Å². The molecule has 0 spiro atoms. The van der Waals surface area contributed by atoms with Gasteiger partial charge in [0.1, 0.15) is 0 Å². The fourth-order valence-electron chi connectivity index (χ4n) is 6.19. The Morgan fingerprint density at radius 1 is 0.971 bits per heavy atom. The molecular formula is C28H34N4O3. The number of rotatable bonds is 5. The quantitative estimate of drug-likeness (QED) is 0.619. The lowest BCUT2D eigenvalue weighted by molar-refractivity contribution is -0.139. The van der Waals surface area contributed by atoms with Gasteiger partial charge in [0, 0.05) is 49.3 Å². The monoisotopic (exact) mass is 474 g/mol. The summed E-state index contributed by atoms with van der Waals surface area (Å²) in [5, 5.41) is 9.74. The highest BCUT2D eigenvalue weighted by atomic mass is 16.2. The molecule has 5 rings (SSSR count). The van der Waals surface area contributed by atoms with Crippen molar-refractivity contribution in [3.8, 4) is 0 Å². The molecule has 184 valence electrons. The van der Waals surface area contributed by atoms with Crippen molar-refractivity contribution >= 4 is 23.4 Å². The standard InChI is InChI=1S/C28H34N4O3/c1-18(33)29-17-25-21-15-16-32(26(21)20-11-5-7-13-23(20)30-25)28(35)22-12-6-8-14-24(22)31-27(34)19-9-3-2-4-10-19/h2-5,7,9-11,13,21-22,24-26,30H,6,8,12,14-17H2,1H3,(H,29,33)(H,31,34)/t21?,22-,24+,25?,26?/m0/s1. The molecule has 7 heteroatoms. The molecule has 0 radical (unpaired) electrons. The first-order valence-electron chi connectivity index (χ1n) is 12.8. The second-order valence-corrected chi connectivity index (χ2v) is 10.0. The molecule has 1 aliphatic carbocycles. The van der Waals surface area contributed by atoms with E-state index in [4.69, 9.17) is 0 Å². The topological polar surface area (TPSA) is 90.5 Å². The first-order valence-corrected chi connectivity index (χ1v) is 12.8. The van der Waals surface area contributed by atoms with E-state index >= 15 is 0 Å². The van der Waals surface area contributed by atoms with Crippen molar-refractivity contribution in [2.24, 2.45) is 11.8 Å². The van der Waals surface area contributed by atoms with E-state index in [1.54, 1.807) is 12.1 Å². The molecule has 2 aromatic rings. The molecule has 0 bridgehead atoms. The van der Waals surface area contributed by atoms with Gasteiger partial charge in [-0.25, -0.2) is 0 Å². The zero-order chi connectivity index (χ0) is 24.4. The van der Waals surface area contributed by atoms with Gasteiger partial charge in [-0.15, -0.1) is 0 Å². The number of hydrogen-bond donors (Lipinski definition) is 3. The predicted molar refractivity (Wildman–Crippen MR) is 135 cm³/mol. The highest BCUT2D eigenvalue weighted by Gasteiger charge is 2.48. The molecule has 1 saturated heterocycles. The number of carbonyl (C=O) groups is 3. The number of fused-ring (bicyclic) bond motifs is 3. The van der Waals surface area contributed by atoms with Gasteiger partial charge in [0.15, 0.2) is 0 Å². The van der Waals surface area contributed by atoms with Crippen LogP contribution < -0.4 is 16.0 Å². The van der Waals surface area contributed by atoms with E-state index in [2.05, 4.69) is 33.0 Å². The lowest BCUT2D eigenvalue weighted by atomic mass is 9.81. The van der Waals surface area contributed by atoms with Crippen molar-refractivity contribution in [2.75, 3.05) is 18.4 Å². The SMILES string of the molecule is CC(=O)NCC1Nc2ccccc2C2C1CCN2C(=O)[C@H]1CCCC[C@H]1NC(=O)c1ccccc1. The number of benzene rings is 2. The average Bonchev–Trinajstić information content (AvgIpc) is 3.33. The van der Waals surface area contributed by atoms with Gasteiger partial charge in [-0.1, -0.05) is 49.2 Å². The van der Waals surface area contributed by atoms with Gasteiger partial charge in [0.2, 0.25) is 11.8 Å². The van der Waals surface area contributed by atoms with Crippen LogP contribution in [0.5, 0.6) is 0 Å². The van der Waals surface area contributed by atoms with Crippen LogP contribution >= 0.6 is 0 Å². The summed E-state index contributed by atoms with van der Waals surface area (Å²) in [6, 6.07) is 17.3. The number of nitrogens with one attached hydrogen (secondary N) is 3. The first kappa shape index (κ1) is 23.4. The van der Waals surface area contributed by atoms with Crippen LogP contribution in [0.1, 0.15) is 61.0 Å². The summed E-state index contributed by atoms with van der Waals surface area (Å²) in [5.74, 6) is -0.0114. The van der Waals surface area contributed by atoms with Gasteiger partial charge in [-0.05, 0) is 43.0 Å². The molecule has 7 nitrogen and oxygen atoms in total. The van der Waals surface area contributed by atoms with Crippen LogP contribution in [-0.4, -0.2) is 47.8 Å². The van der Waals surface area contributed by atoms with Gasteiger partial charge < -0.3 is 20.9 Å². The summed E-state index contributed by atoms with van der Waals surface area (Å²) in [4.78, 5) is 40.6. The Morgan fingerprint density at radius 3 is 2.51 bits per heavy atom. The summed E-state index contributed by atoms with van der Waals surface area (Å²) < 4.78 is 0. The number of anilines is 1. The summed E-state index contributed by atoms with van der Waals surface area (Å²) in [6.45, 7) is 2.76. The van der Waals surface area contributed by atoms with E-state index in [9.17, 15) is 14.4 Å². The van der Waals surface area contributed by atoms with Crippen LogP contribution in [0.15, 0.2) is 54.6 Å². The van der Waals surface area contributed by atoms with E-state index in [0.29, 0.717) is 18.7 Å². The minimum absolute atomic E-state index is 0.0221. The maximum absolute atomic E-state index is 14.1. The Labute approximate surface area is 206 Å². The number of carbonyl (C=O) groups excluding carboxylic acids is 3. The Bertz CT molecular complexity index is 1090. The molecule has 3 amide bonds. The lowest BCUT2D eigenvalue weighted by Crippen LogP contribution is -2.51. The van der Waals surface area contributed by atoms with Crippen LogP contribution in [0.4, 0.5) is 5.69 Å². The Hall–Kier alpha value is -3.35. The molecule has 2 aromatic carbocycles. The second kappa shape index (κ2) is 10.1. The average molecular weight is 475 g/mol. The smallest absolute Gasteiger partial charge is 0.251 e. The van der Waals surface area contributed by atoms with Crippen molar-refractivity contribution in [2.45, 2.75) is 57.2 Å². The van der Waals surface area contributed by atoms with E-state index < -0.39 is 0 Å². The molecule has 35 heavy (non-hydrogen) atoms. The third-order valence-electron chi connectivity index (χ3n) is 7.87. The van der Waals surface area contributed by atoms with Crippen LogP contribution in [-0.2, 0) is 9.59 Å². The molecule has 2 heterocycles. The molecule has 3 unspecified atom stereocenters. The lowest BCUT2D eigenvalue weighted by Gasteiger charge is -2.42. The van der Waals surface area contributed by atoms with Crippen LogP contribution in [0, 0.1) is 11.8 Å². The van der Waals surface area contributed by atoms with Crippen LogP contribution in [0.3, 0.4) is 0 Å². The molecule has 2 fully saturated rings. The van der Waals surface area contributed by atoms with Crippen molar-refractivity contribution in [1.29, 1.82) is 0 Å². The fourth-order valence-corrected chi connectivity index (χ4v) is 6.19. The summed E-state index contributed by atoms with van der Waals surface area (Å²) >= 11 is 0. The Balaban J connectivity index is 1.37. The maximum atomic E-state index is 14.1. The number of hydrogen-bond acceptors (Lipinski definition) is 4. The number of nitrogens with zero attached hydrogens (tertiary/aromatic N) is 1. The van der Waals surface area contributed by atoms with Crippen molar-refractivity contribution in [3.63, 3.8) is 0 Å². The number of likely N-dealkylation sites (tertiary alicyclic amines) is 1. The first-order chi connectivity index (χ1) is 17.0. The van der Waals surface area contributed by atoms with E-state index in [1.165, 1.54) is 6.92 Å². The summed E-state index contributed by atoms with van der Waals surface area (Å²) in [7, 11) is 0.